The fourth-order valence-electron chi connectivity index (χ4n) is 1.87. The number of imidazole rings is 1. The van der Waals surface area contributed by atoms with Crippen LogP contribution in [0.15, 0.2) is 24.5 Å². The molecule has 1 amide bonds. The number of carbonyl (C=O) groups is 1. The summed E-state index contributed by atoms with van der Waals surface area (Å²) in [6.07, 6.45) is 3.88. The Labute approximate surface area is 112 Å². The van der Waals surface area contributed by atoms with Crippen molar-refractivity contribution in [1.82, 2.24) is 14.7 Å². The molecule has 0 saturated carbocycles. The third-order valence-corrected chi connectivity index (χ3v) is 3.37. The molecule has 0 aliphatic rings. The van der Waals surface area contributed by atoms with Crippen LogP contribution < -0.4 is 11.1 Å². The van der Waals surface area contributed by atoms with E-state index in [9.17, 15) is 4.79 Å². The third kappa shape index (κ3) is 2.93. The Morgan fingerprint density at radius 3 is 2.89 bits per heavy atom. The van der Waals surface area contributed by atoms with E-state index in [0.717, 1.165) is 16.9 Å². The number of nitrogens with two attached hydrogens (primary N) is 1. The molecule has 2 aromatic heterocycles. The number of aryl methyl sites for hydroxylation is 1. The van der Waals surface area contributed by atoms with Crippen molar-refractivity contribution in [2.45, 2.75) is 33.4 Å². The first-order valence-electron chi connectivity index (χ1n) is 6.45. The van der Waals surface area contributed by atoms with Crippen molar-refractivity contribution in [3.63, 3.8) is 0 Å². The van der Waals surface area contributed by atoms with Gasteiger partial charge in [-0.2, -0.15) is 0 Å². The number of rotatable bonds is 4. The second kappa shape index (κ2) is 5.40. The van der Waals surface area contributed by atoms with E-state index in [0.29, 0.717) is 6.54 Å². The smallest absolute Gasteiger partial charge is 0.224 e. The van der Waals surface area contributed by atoms with Crippen molar-refractivity contribution in [1.29, 1.82) is 0 Å². The van der Waals surface area contributed by atoms with Crippen LogP contribution in [0.1, 0.15) is 25.1 Å². The first kappa shape index (κ1) is 13.5. The number of nitrogens with one attached hydrogen (secondary N) is 1. The Hall–Kier alpha value is -1.88. The Balaban J connectivity index is 2.06. The second-order valence-electron chi connectivity index (χ2n) is 5.02. The minimum atomic E-state index is -0.196. The first-order valence-corrected chi connectivity index (χ1v) is 6.45. The van der Waals surface area contributed by atoms with Gasteiger partial charge in [0.05, 0.1) is 12.2 Å². The summed E-state index contributed by atoms with van der Waals surface area (Å²) in [6, 6.07) is 3.84. The largest absolute Gasteiger partial charge is 0.350 e. The van der Waals surface area contributed by atoms with Gasteiger partial charge in [-0.1, -0.05) is 13.0 Å². The molecule has 2 unspecified atom stereocenters. The minimum absolute atomic E-state index is 0.0382. The maximum absolute atomic E-state index is 11.8. The van der Waals surface area contributed by atoms with E-state index in [1.165, 1.54) is 0 Å². The predicted octanol–water partition coefficient (Wildman–Crippen LogP) is 1.24. The highest BCUT2D eigenvalue weighted by Gasteiger charge is 2.16. The van der Waals surface area contributed by atoms with Gasteiger partial charge in [0, 0.05) is 24.4 Å². The average molecular weight is 260 g/mol. The maximum Gasteiger partial charge on any atom is 0.224 e. The monoisotopic (exact) mass is 260 g/mol. The standard InChI is InChI=1S/C14H20N4O/c1-9-5-4-6-18-8-12(17-13(9)18)7-16-14(19)10(2)11(3)15/h4-6,8,10-11H,7,15H2,1-3H3,(H,16,19). The maximum atomic E-state index is 11.8. The molecule has 3 N–H and O–H groups in total. The van der Waals surface area contributed by atoms with Gasteiger partial charge in [0.25, 0.3) is 0 Å². The molecule has 0 aliphatic heterocycles. The molecule has 2 rings (SSSR count). The van der Waals surface area contributed by atoms with Gasteiger partial charge < -0.3 is 15.5 Å². The van der Waals surface area contributed by atoms with Gasteiger partial charge in [0.2, 0.25) is 5.91 Å². The summed E-state index contributed by atoms with van der Waals surface area (Å²) in [5, 5.41) is 2.87. The summed E-state index contributed by atoms with van der Waals surface area (Å²) in [6.45, 7) is 6.10. The van der Waals surface area contributed by atoms with Crippen LogP contribution in [0.4, 0.5) is 0 Å². The van der Waals surface area contributed by atoms with E-state index in [1.54, 1.807) is 0 Å². The van der Waals surface area contributed by atoms with E-state index in [4.69, 9.17) is 5.73 Å². The molecule has 2 heterocycles. The highest BCUT2D eigenvalue weighted by Crippen LogP contribution is 2.10. The zero-order chi connectivity index (χ0) is 14.0. The Morgan fingerprint density at radius 1 is 1.53 bits per heavy atom. The van der Waals surface area contributed by atoms with Crippen LogP contribution in [-0.2, 0) is 11.3 Å². The summed E-state index contributed by atoms with van der Waals surface area (Å²) in [5.41, 5.74) is 8.59. The van der Waals surface area contributed by atoms with Crippen molar-refractivity contribution in [2.75, 3.05) is 0 Å². The topological polar surface area (TPSA) is 72.4 Å². The fourth-order valence-corrected chi connectivity index (χ4v) is 1.87. The molecule has 102 valence electrons. The molecule has 5 nitrogen and oxygen atoms in total. The lowest BCUT2D eigenvalue weighted by molar-refractivity contribution is -0.125. The van der Waals surface area contributed by atoms with Crippen molar-refractivity contribution in [2.24, 2.45) is 11.7 Å². The first-order chi connectivity index (χ1) is 8.99. The molecule has 0 aromatic carbocycles. The molecule has 5 heteroatoms. The average Bonchev–Trinajstić information content (AvgIpc) is 2.79. The lowest BCUT2D eigenvalue weighted by atomic mass is 10.0. The highest BCUT2D eigenvalue weighted by atomic mass is 16.1. The molecule has 0 aliphatic carbocycles. The number of carbonyl (C=O) groups excluding carboxylic acids is 1. The van der Waals surface area contributed by atoms with Crippen LogP contribution in [0.5, 0.6) is 0 Å². The van der Waals surface area contributed by atoms with E-state index in [1.807, 2.05) is 49.7 Å². The number of fused-ring (bicyclic) bond motifs is 1. The van der Waals surface area contributed by atoms with Crippen molar-refractivity contribution in [3.8, 4) is 0 Å². The Kier molecular flexibility index (Phi) is 3.85. The van der Waals surface area contributed by atoms with Gasteiger partial charge in [-0.15, -0.1) is 0 Å². The number of hydrogen-bond acceptors (Lipinski definition) is 3. The summed E-state index contributed by atoms with van der Waals surface area (Å²) < 4.78 is 1.96. The molecule has 2 aromatic rings. The molecule has 0 bridgehead atoms. The van der Waals surface area contributed by atoms with Gasteiger partial charge in [0.15, 0.2) is 0 Å². The number of aromatic nitrogens is 2. The number of pyridine rings is 1. The molecule has 0 spiro atoms. The van der Waals surface area contributed by atoms with Crippen molar-refractivity contribution in [3.05, 3.63) is 35.8 Å². The Bertz CT molecular complexity index is 588. The minimum Gasteiger partial charge on any atom is -0.350 e. The molecular weight excluding hydrogens is 240 g/mol. The SMILES string of the molecule is Cc1cccn2cc(CNC(=O)C(C)C(C)N)nc12. The van der Waals surface area contributed by atoms with Crippen LogP contribution in [0, 0.1) is 12.8 Å². The zero-order valence-corrected chi connectivity index (χ0v) is 11.6. The normalized spacial score (nSPS) is 14.3. The summed E-state index contributed by atoms with van der Waals surface area (Å²) in [7, 11) is 0. The van der Waals surface area contributed by atoms with Gasteiger partial charge in [-0.05, 0) is 25.5 Å². The van der Waals surface area contributed by atoms with E-state index in [-0.39, 0.29) is 17.9 Å². The predicted molar refractivity (Wildman–Crippen MR) is 74.6 cm³/mol. The zero-order valence-electron chi connectivity index (χ0n) is 11.6. The molecule has 0 fully saturated rings. The van der Waals surface area contributed by atoms with Crippen LogP contribution in [0.3, 0.4) is 0 Å². The molecule has 0 radical (unpaired) electrons. The highest BCUT2D eigenvalue weighted by molar-refractivity contribution is 5.78. The summed E-state index contributed by atoms with van der Waals surface area (Å²) >= 11 is 0. The summed E-state index contributed by atoms with van der Waals surface area (Å²) in [4.78, 5) is 16.3. The number of amides is 1. The number of hydrogen-bond donors (Lipinski definition) is 2. The third-order valence-electron chi connectivity index (χ3n) is 3.37. The molecule has 19 heavy (non-hydrogen) atoms. The van der Waals surface area contributed by atoms with Gasteiger partial charge in [-0.3, -0.25) is 4.79 Å². The molecule has 2 atom stereocenters. The van der Waals surface area contributed by atoms with Crippen LogP contribution >= 0.6 is 0 Å². The van der Waals surface area contributed by atoms with Gasteiger partial charge >= 0.3 is 0 Å². The lowest BCUT2D eigenvalue weighted by Gasteiger charge is -2.14. The number of nitrogens with zero attached hydrogens (tertiary/aromatic N) is 2. The lowest BCUT2D eigenvalue weighted by Crippen LogP contribution is -2.38. The van der Waals surface area contributed by atoms with E-state index < -0.39 is 0 Å². The van der Waals surface area contributed by atoms with Crippen LogP contribution in [-0.4, -0.2) is 21.3 Å². The van der Waals surface area contributed by atoms with Gasteiger partial charge in [-0.25, -0.2) is 4.98 Å². The second-order valence-corrected chi connectivity index (χ2v) is 5.02. The molecule has 0 saturated heterocycles. The van der Waals surface area contributed by atoms with Crippen molar-refractivity contribution >= 4 is 11.6 Å². The Morgan fingerprint density at radius 2 is 2.26 bits per heavy atom. The van der Waals surface area contributed by atoms with E-state index >= 15 is 0 Å². The quantitative estimate of drug-likeness (QED) is 0.868. The van der Waals surface area contributed by atoms with Crippen molar-refractivity contribution < 1.29 is 4.79 Å². The van der Waals surface area contributed by atoms with E-state index in [2.05, 4.69) is 10.3 Å². The van der Waals surface area contributed by atoms with Crippen LogP contribution in [0.25, 0.3) is 5.65 Å². The summed E-state index contributed by atoms with van der Waals surface area (Å²) in [5.74, 6) is -0.234. The van der Waals surface area contributed by atoms with Gasteiger partial charge in [0.1, 0.15) is 5.65 Å². The van der Waals surface area contributed by atoms with Crippen LogP contribution in [0.2, 0.25) is 0 Å². The fraction of sp³-hybridized carbons (Fsp3) is 0.429. The molecular formula is C14H20N4O.